The number of quaternary nitrogens is 1. The first-order chi connectivity index (χ1) is 12.2. The van der Waals surface area contributed by atoms with Crippen molar-refractivity contribution in [1.82, 2.24) is 10.6 Å². The van der Waals surface area contributed by atoms with Crippen molar-refractivity contribution in [3.63, 3.8) is 0 Å². The van der Waals surface area contributed by atoms with Gasteiger partial charge in [0.25, 0.3) is 0 Å². The molecule has 3 N–H and O–H groups in total. The minimum atomic E-state index is -0.623. The van der Waals surface area contributed by atoms with Crippen molar-refractivity contribution < 1.29 is 28.4 Å². The molecule has 3 heterocycles. The third-order valence-corrected chi connectivity index (χ3v) is 4.70. The monoisotopic (exact) mass is 352 g/mol. The molecule has 0 bridgehead atoms. The molecule has 2 fully saturated rings. The van der Waals surface area contributed by atoms with Gasteiger partial charge < -0.3 is 29.4 Å². The molecule has 8 nitrogen and oxygen atoms in total. The van der Waals surface area contributed by atoms with E-state index in [0.717, 1.165) is 38.3 Å². The Morgan fingerprint density at radius 3 is 2.68 bits per heavy atom. The second kappa shape index (κ2) is 8.98. The number of morpholine rings is 1. The second-order valence-corrected chi connectivity index (χ2v) is 6.39. The van der Waals surface area contributed by atoms with Crippen molar-refractivity contribution in [1.29, 1.82) is 0 Å². The van der Waals surface area contributed by atoms with Crippen LogP contribution in [0.4, 0.5) is 0 Å². The van der Waals surface area contributed by atoms with Crippen molar-refractivity contribution in [2.45, 2.75) is 25.0 Å². The molecule has 0 aromatic carbocycles. The first-order valence-corrected chi connectivity index (χ1v) is 8.87. The molecule has 0 aliphatic carbocycles. The van der Waals surface area contributed by atoms with E-state index < -0.39 is 11.8 Å². The topological polar surface area (TPSA) is 94.2 Å². The number of furan rings is 1. The molecule has 2 atom stereocenters. The summed E-state index contributed by atoms with van der Waals surface area (Å²) < 4.78 is 16.4. The zero-order valence-electron chi connectivity index (χ0n) is 14.3. The Bertz CT molecular complexity index is 551. The Kier molecular flexibility index (Phi) is 6.43. The number of hydrogen-bond acceptors (Lipinski definition) is 5. The van der Waals surface area contributed by atoms with Gasteiger partial charge in [0.05, 0.1) is 32.1 Å². The lowest BCUT2D eigenvalue weighted by molar-refractivity contribution is -0.938. The summed E-state index contributed by atoms with van der Waals surface area (Å²) in [5.41, 5.74) is 0. The summed E-state index contributed by atoms with van der Waals surface area (Å²) in [5, 5.41) is 5.37. The summed E-state index contributed by atoms with van der Waals surface area (Å²) in [5.74, 6) is -0.440. The van der Waals surface area contributed by atoms with Crippen LogP contribution in [0.1, 0.15) is 24.6 Å². The predicted octanol–water partition coefficient (Wildman–Crippen LogP) is -1.35. The van der Waals surface area contributed by atoms with Gasteiger partial charge in [-0.1, -0.05) is 0 Å². The Balaban J connectivity index is 1.49. The van der Waals surface area contributed by atoms with E-state index in [-0.39, 0.29) is 12.1 Å². The first kappa shape index (κ1) is 17.9. The van der Waals surface area contributed by atoms with Gasteiger partial charge in [0.15, 0.2) is 11.8 Å². The largest absolute Gasteiger partial charge is 0.463 e. The summed E-state index contributed by atoms with van der Waals surface area (Å²) in [6.45, 7) is 4.49. The van der Waals surface area contributed by atoms with Gasteiger partial charge in [0.1, 0.15) is 13.1 Å². The minimum absolute atomic E-state index is 0.0189. The Morgan fingerprint density at radius 2 is 2.00 bits per heavy atom. The molecule has 3 rings (SSSR count). The number of amides is 2. The van der Waals surface area contributed by atoms with Crippen LogP contribution in [0.2, 0.25) is 0 Å². The van der Waals surface area contributed by atoms with Crippen LogP contribution in [-0.4, -0.2) is 63.9 Å². The molecule has 0 unspecified atom stereocenters. The van der Waals surface area contributed by atoms with Gasteiger partial charge in [-0.05, 0) is 25.0 Å². The smallest absolute Gasteiger partial charge is 0.309 e. The molecule has 2 aliphatic rings. The molecular formula is C17H26N3O5+. The molecule has 1 aromatic rings. The van der Waals surface area contributed by atoms with Gasteiger partial charge >= 0.3 is 11.8 Å². The normalized spacial score (nSPS) is 22.5. The summed E-state index contributed by atoms with van der Waals surface area (Å²) in [6, 6.07) is 3.70. The highest BCUT2D eigenvalue weighted by molar-refractivity contribution is 6.35. The molecule has 138 valence electrons. The summed E-state index contributed by atoms with van der Waals surface area (Å²) in [6.07, 6.45) is 3.56. The Labute approximate surface area is 146 Å². The Hall–Kier alpha value is -1.90. The second-order valence-electron chi connectivity index (χ2n) is 6.39. The molecule has 0 radical (unpaired) electrons. The van der Waals surface area contributed by atoms with Crippen LogP contribution in [0.25, 0.3) is 0 Å². The first-order valence-electron chi connectivity index (χ1n) is 8.87. The van der Waals surface area contributed by atoms with Crippen LogP contribution < -0.4 is 15.5 Å². The molecular weight excluding hydrogens is 326 g/mol. The highest BCUT2D eigenvalue weighted by Crippen LogP contribution is 2.11. The lowest BCUT2D eigenvalue weighted by Crippen LogP contribution is -3.15. The number of ether oxygens (including phenoxy) is 2. The number of carbonyl (C=O) groups excluding carboxylic acids is 2. The number of rotatable bonds is 6. The maximum atomic E-state index is 12.1. The number of carbonyl (C=O) groups is 2. The van der Waals surface area contributed by atoms with Crippen molar-refractivity contribution in [3.05, 3.63) is 24.2 Å². The highest BCUT2D eigenvalue weighted by Gasteiger charge is 2.29. The third-order valence-electron chi connectivity index (χ3n) is 4.70. The molecule has 0 spiro atoms. The van der Waals surface area contributed by atoms with Crippen molar-refractivity contribution in [2.75, 3.05) is 46.0 Å². The fourth-order valence-electron chi connectivity index (χ4n) is 3.28. The molecule has 2 aliphatic heterocycles. The van der Waals surface area contributed by atoms with Gasteiger partial charge in [-0.15, -0.1) is 0 Å². The zero-order chi connectivity index (χ0) is 17.5. The van der Waals surface area contributed by atoms with E-state index in [1.165, 1.54) is 4.90 Å². The van der Waals surface area contributed by atoms with E-state index in [4.69, 9.17) is 13.9 Å². The lowest BCUT2D eigenvalue weighted by atomic mass is 10.1. The van der Waals surface area contributed by atoms with Crippen LogP contribution in [0, 0.1) is 0 Å². The van der Waals surface area contributed by atoms with Crippen LogP contribution >= 0.6 is 0 Å². The molecule has 1 aromatic heterocycles. The van der Waals surface area contributed by atoms with Crippen molar-refractivity contribution in [2.24, 2.45) is 0 Å². The quantitative estimate of drug-likeness (QED) is 0.550. The van der Waals surface area contributed by atoms with Crippen molar-refractivity contribution in [3.8, 4) is 0 Å². The lowest BCUT2D eigenvalue weighted by Gasteiger charge is -2.30. The maximum absolute atomic E-state index is 12.1. The van der Waals surface area contributed by atoms with Gasteiger partial charge in [0, 0.05) is 13.2 Å². The van der Waals surface area contributed by atoms with E-state index in [1.807, 2.05) is 12.1 Å². The number of nitrogens with one attached hydrogen (secondary N) is 3. The summed E-state index contributed by atoms with van der Waals surface area (Å²) in [7, 11) is 0. The van der Waals surface area contributed by atoms with Crippen LogP contribution in [0.5, 0.6) is 0 Å². The van der Waals surface area contributed by atoms with E-state index >= 15 is 0 Å². The van der Waals surface area contributed by atoms with Gasteiger partial charge in [-0.2, -0.15) is 0 Å². The molecule has 8 heteroatoms. The maximum Gasteiger partial charge on any atom is 0.309 e. The molecule has 0 saturated carbocycles. The zero-order valence-corrected chi connectivity index (χ0v) is 14.3. The van der Waals surface area contributed by atoms with E-state index in [1.54, 1.807) is 6.26 Å². The van der Waals surface area contributed by atoms with Crippen LogP contribution in [0.3, 0.4) is 0 Å². The van der Waals surface area contributed by atoms with Crippen LogP contribution in [0.15, 0.2) is 22.8 Å². The summed E-state index contributed by atoms with van der Waals surface area (Å²) in [4.78, 5) is 25.3. The predicted molar refractivity (Wildman–Crippen MR) is 88.0 cm³/mol. The van der Waals surface area contributed by atoms with E-state index in [9.17, 15) is 9.59 Å². The fourth-order valence-corrected chi connectivity index (χ4v) is 3.28. The minimum Gasteiger partial charge on any atom is -0.463 e. The standard InChI is InChI=1S/C17H25N3O5/c21-16(18-11-13-3-1-7-24-13)17(22)19-12-14(15-4-2-8-25-15)20-5-9-23-10-6-20/h2,4,8,13-14H,1,3,5-7,9-12H2,(H,18,21)(H,19,22)/p+1/t13-,14+/m0/s1. The van der Waals surface area contributed by atoms with Crippen molar-refractivity contribution >= 4 is 11.8 Å². The fraction of sp³-hybridized carbons (Fsp3) is 0.647. The van der Waals surface area contributed by atoms with Gasteiger partial charge in [-0.3, -0.25) is 9.59 Å². The number of hydrogen-bond donors (Lipinski definition) is 3. The van der Waals surface area contributed by atoms with E-state index in [2.05, 4.69) is 10.6 Å². The molecule has 2 amide bonds. The van der Waals surface area contributed by atoms with Gasteiger partial charge in [0.2, 0.25) is 0 Å². The SMILES string of the molecule is O=C(NC[C@@H]1CCCO1)C(=O)NC[C@H](c1ccco1)[NH+]1CCOCC1. The molecule has 2 saturated heterocycles. The highest BCUT2D eigenvalue weighted by atomic mass is 16.5. The van der Waals surface area contributed by atoms with E-state index in [0.29, 0.717) is 26.3 Å². The van der Waals surface area contributed by atoms with Gasteiger partial charge in [-0.25, -0.2) is 0 Å². The third kappa shape index (κ3) is 5.04. The van der Waals surface area contributed by atoms with Crippen LogP contribution in [-0.2, 0) is 19.1 Å². The molecule has 25 heavy (non-hydrogen) atoms. The average Bonchev–Trinajstić information content (AvgIpc) is 3.34. The Morgan fingerprint density at radius 1 is 1.20 bits per heavy atom. The summed E-state index contributed by atoms with van der Waals surface area (Å²) >= 11 is 0. The average molecular weight is 352 g/mol.